The second-order valence-corrected chi connectivity index (χ2v) is 3.69. The summed E-state index contributed by atoms with van der Waals surface area (Å²) in [4.78, 5) is 10.4. The predicted octanol–water partition coefficient (Wildman–Crippen LogP) is 1.61. The van der Waals surface area contributed by atoms with Gasteiger partial charge in [-0.2, -0.15) is 5.10 Å². The Balaban J connectivity index is 2.41. The van der Waals surface area contributed by atoms with Crippen molar-refractivity contribution in [3.63, 3.8) is 0 Å². The second-order valence-electron chi connectivity index (χ2n) is 3.69. The molecule has 4 nitrogen and oxygen atoms in total. The van der Waals surface area contributed by atoms with Crippen LogP contribution in [0.4, 0.5) is 4.79 Å². The minimum absolute atomic E-state index is 0.579. The quantitative estimate of drug-likeness (QED) is 0.470. The fraction of sp³-hybridized carbons (Fsp3) is 0.778. The number of amides is 2. The van der Waals surface area contributed by atoms with Gasteiger partial charge in [-0.3, -0.25) is 0 Å². The number of nitrogens with two attached hydrogens (primary N) is 1. The number of urea groups is 1. The standard InChI is InChI=1S/C9H17N3O/c1-7-3-2-4-8(6-5-7)11-12-9(10)13/h7H,2-6H2,1H3,(H3,10,12,13)/b11-8-/t7-/m0/s1. The van der Waals surface area contributed by atoms with Gasteiger partial charge in [-0.15, -0.1) is 0 Å². The molecule has 0 unspecified atom stereocenters. The zero-order valence-electron chi connectivity index (χ0n) is 8.05. The van der Waals surface area contributed by atoms with E-state index >= 15 is 0 Å². The molecule has 0 saturated heterocycles. The molecule has 4 heteroatoms. The molecule has 3 N–H and O–H groups in total. The average Bonchev–Trinajstić information content (AvgIpc) is 2.27. The lowest BCUT2D eigenvalue weighted by Gasteiger charge is -2.03. The van der Waals surface area contributed by atoms with Gasteiger partial charge < -0.3 is 5.73 Å². The Labute approximate surface area is 78.6 Å². The van der Waals surface area contributed by atoms with E-state index in [9.17, 15) is 4.79 Å². The normalized spacial score (nSPS) is 26.8. The average molecular weight is 183 g/mol. The number of rotatable bonds is 1. The summed E-state index contributed by atoms with van der Waals surface area (Å²) in [6.07, 6.45) is 5.57. The lowest BCUT2D eigenvalue weighted by molar-refractivity contribution is 0.249. The van der Waals surface area contributed by atoms with Crippen molar-refractivity contribution in [3.05, 3.63) is 0 Å². The first kappa shape index (κ1) is 10.0. The van der Waals surface area contributed by atoms with E-state index in [0.29, 0.717) is 0 Å². The summed E-state index contributed by atoms with van der Waals surface area (Å²) < 4.78 is 0. The number of hydrogen-bond donors (Lipinski definition) is 2. The molecule has 1 saturated carbocycles. The van der Waals surface area contributed by atoms with Gasteiger partial charge in [0.25, 0.3) is 0 Å². The van der Waals surface area contributed by atoms with Gasteiger partial charge >= 0.3 is 6.03 Å². The largest absolute Gasteiger partial charge is 0.350 e. The Hall–Kier alpha value is -1.06. The van der Waals surface area contributed by atoms with Crippen LogP contribution in [0.25, 0.3) is 0 Å². The third-order valence-corrected chi connectivity index (χ3v) is 2.41. The summed E-state index contributed by atoms with van der Waals surface area (Å²) in [5.74, 6) is 0.779. The van der Waals surface area contributed by atoms with Crippen molar-refractivity contribution in [1.82, 2.24) is 5.43 Å². The Morgan fingerprint density at radius 1 is 1.54 bits per heavy atom. The third kappa shape index (κ3) is 3.92. The van der Waals surface area contributed by atoms with Gasteiger partial charge in [0.2, 0.25) is 0 Å². The maximum absolute atomic E-state index is 10.4. The van der Waals surface area contributed by atoms with Crippen LogP contribution < -0.4 is 11.2 Å². The number of nitrogens with one attached hydrogen (secondary N) is 1. The molecule has 0 spiro atoms. The number of nitrogens with zero attached hydrogens (tertiary/aromatic N) is 1. The zero-order valence-corrected chi connectivity index (χ0v) is 8.05. The highest BCUT2D eigenvalue weighted by Crippen LogP contribution is 2.20. The maximum atomic E-state index is 10.4. The van der Waals surface area contributed by atoms with Crippen LogP contribution in [0.3, 0.4) is 0 Å². The van der Waals surface area contributed by atoms with Gasteiger partial charge in [0.1, 0.15) is 0 Å². The zero-order chi connectivity index (χ0) is 9.68. The fourth-order valence-corrected chi connectivity index (χ4v) is 1.58. The minimum atomic E-state index is -0.579. The second kappa shape index (κ2) is 4.84. The first-order valence-electron chi connectivity index (χ1n) is 4.79. The Kier molecular flexibility index (Phi) is 3.73. The number of carbonyl (C=O) groups is 1. The summed E-state index contributed by atoms with van der Waals surface area (Å²) in [6.45, 7) is 2.25. The third-order valence-electron chi connectivity index (χ3n) is 2.41. The highest BCUT2D eigenvalue weighted by atomic mass is 16.2. The van der Waals surface area contributed by atoms with Crippen molar-refractivity contribution in [1.29, 1.82) is 0 Å². The fourth-order valence-electron chi connectivity index (χ4n) is 1.58. The summed E-state index contributed by atoms with van der Waals surface area (Å²) in [6, 6.07) is -0.579. The van der Waals surface area contributed by atoms with Crippen LogP contribution in [0.2, 0.25) is 0 Å². The lowest BCUT2D eigenvalue weighted by atomic mass is 10.0. The molecular weight excluding hydrogens is 166 g/mol. The molecule has 2 amide bonds. The minimum Gasteiger partial charge on any atom is -0.350 e. The van der Waals surface area contributed by atoms with Crippen molar-refractivity contribution in [2.24, 2.45) is 16.8 Å². The Morgan fingerprint density at radius 3 is 3.00 bits per heavy atom. The van der Waals surface area contributed by atoms with Gasteiger partial charge in [0.15, 0.2) is 0 Å². The molecule has 74 valence electrons. The van der Waals surface area contributed by atoms with Gasteiger partial charge in [0, 0.05) is 5.71 Å². The molecule has 1 fully saturated rings. The van der Waals surface area contributed by atoms with E-state index in [1.165, 1.54) is 19.3 Å². The summed E-state index contributed by atoms with van der Waals surface area (Å²) >= 11 is 0. The molecule has 0 aliphatic heterocycles. The smallest absolute Gasteiger partial charge is 0.332 e. The summed E-state index contributed by atoms with van der Waals surface area (Å²) in [5, 5.41) is 3.97. The molecule has 13 heavy (non-hydrogen) atoms. The molecule has 1 aliphatic carbocycles. The number of hydrogen-bond acceptors (Lipinski definition) is 2. The number of hydrazone groups is 1. The molecule has 0 radical (unpaired) electrons. The van der Waals surface area contributed by atoms with Crippen molar-refractivity contribution in [3.8, 4) is 0 Å². The molecule has 1 atom stereocenters. The molecule has 0 heterocycles. The molecule has 0 bridgehead atoms. The van der Waals surface area contributed by atoms with E-state index in [1.807, 2.05) is 0 Å². The van der Waals surface area contributed by atoms with Crippen LogP contribution in [-0.2, 0) is 0 Å². The van der Waals surface area contributed by atoms with E-state index in [4.69, 9.17) is 5.73 Å². The van der Waals surface area contributed by atoms with E-state index in [2.05, 4.69) is 17.5 Å². The highest BCUT2D eigenvalue weighted by molar-refractivity contribution is 5.86. The number of carbonyl (C=O) groups excluding carboxylic acids is 1. The van der Waals surface area contributed by atoms with Crippen LogP contribution in [0.1, 0.15) is 39.0 Å². The van der Waals surface area contributed by atoms with Crippen LogP contribution in [0.5, 0.6) is 0 Å². The van der Waals surface area contributed by atoms with Gasteiger partial charge in [0.05, 0.1) is 0 Å². The summed E-state index contributed by atoms with van der Waals surface area (Å²) in [7, 11) is 0. The van der Waals surface area contributed by atoms with Crippen molar-refractivity contribution >= 4 is 11.7 Å². The SMILES string of the molecule is C[C@H]1CCC/C(=N/NC(N)=O)CC1. The predicted molar refractivity (Wildman–Crippen MR) is 52.4 cm³/mol. The Morgan fingerprint density at radius 2 is 2.31 bits per heavy atom. The van der Waals surface area contributed by atoms with E-state index < -0.39 is 6.03 Å². The molecule has 0 aromatic carbocycles. The first-order chi connectivity index (χ1) is 6.18. The lowest BCUT2D eigenvalue weighted by Crippen LogP contribution is -2.25. The van der Waals surface area contributed by atoms with Crippen molar-refractivity contribution < 1.29 is 4.79 Å². The molecule has 1 aliphatic rings. The van der Waals surface area contributed by atoms with Gasteiger partial charge in [-0.1, -0.05) is 13.3 Å². The Bertz CT molecular complexity index is 213. The topological polar surface area (TPSA) is 67.5 Å². The summed E-state index contributed by atoms with van der Waals surface area (Å²) in [5.41, 5.74) is 8.28. The molecule has 1 rings (SSSR count). The van der Waals surface area contributed by atoms with E-state index in [0.717, 1.165) is 24.5 Å². The maximum Gasteiger partial charge on any atom is 0.332 e. The number of primary amides is 1. The van der Waals surface area contributed by atoms with Crippen LogP contribution in [0.15, 0.2) is 5.10 Å². The van der Waals surface area contributed by atoms with Gasteiger partial charge in [-0.05, 0) is 31.6 Å². The molecule has 0 aromatic heterocycles. The van der Waals surface area contributed by atoms with Crippen LogP contribution >= 0.6 is 0 Å². The first-order valence-corrected chi connectivity index (χ1v) is 4.79. The molecule has 0 aromatic rings. The highest BCUT2D eigenvalue weighted by Gasteiger charge is 2.11. The monoisotopic (exact) mass is 183 g/mol. The molecular formula is C9H17N3O. The van der Waals surface area contributed by atoms with E-state index in [1.54, 1.807) is 0 Å². The van der Waals surface area contributed by atoms with Gasteiger partial charge in [-0.25, -0.2) is 10.2 Å². The van der Waals surface area contributed by atoms with Crippen molar-refractivity contribution in [2.75, 3.05) is 0 Å². The van der Waals surface area contributed by atoms with Crippen LogP contribution in [0, 0.1) is 5.92 Å². The van der Waals surface area contributed by atoms with E-state index in [-0.39, 0.29) is 0 Å². The van der Waals surface area contributed by atoms with Crippen molar-refractivity contribution in [2.45, 2.75) is 39.0 Å². The van der Waals surface area contributed by atoms with Crippen LogP contribution in [-0.4, -0.2) is 11.7 Å².